The first-order valence-electron chi connectivity index (χ1n) is 10.6. The van der Waals surface area contributed by atoms with Crippen LogP contribution in [0.25, 0.3) is 21.8 Å². The number of unbranched alkanes of at least 4 members (excludes halogenated alkanes) is 4. The Morgan fingerprint density at radius 2 is 1.67 bits per heavy atom. The molecule has 0 aliphatic carbocycles. The first-order chi connectivity index (χ1) is 14.6. The van der Waals surface area contributed by atoms with Crippen LogP contribution in [0, 0.1) is 0 Å². The summed E-state index contributed by atoms with van der Waals surface area (Å²) in [6.07, 6.45) is 6.17. The van der Waals surface area contributed by atoms with Gasteiger partial charge in [0.1, 0.15) is 10.8 Å². The molecule has 4 nitrogen and oxygen atoms in total. The second-order valence-corrected chi connectivity index (χ2v) is 8.36. The number of aromatic nitrogens is 1. The van der Waals surface area contributed by atoms with E-state index in [1.807, 2.05) is 53.9 Å². The molecule has 0 bridgehead atoms. The highest BCUT2D eigenvalue weighted by molar-refractivity contribution is 7.13. The van der Waals surface area contributed by atoms with Crippen molar-refractivity contribution in [2.75, 3.05) is 6.61 Å². The Morgan fingerprint density at radius 1 is 1.00 bits per heavy atom. The molecule has 0 saturated carbocycles. The molecule has 0 aliphatic rings. The summed E-state index contributed by atoms with van der Waals surface area (Å²) in [6.45, 7) is 4.68. The number of carbonyl (C=O) groups is 1. The molecule has 1 heterocycles. The molecule has 158 valence electrons. The summed E-state index contributed by atoms with van der Waals surface area (Å²) in [5.74, 6) is -0.431. The van der Waals surface area contributed by atoms with Crippen LogP contribution in [-0.2, 0) is 4.79 Å². The molecule has 0 fully saturated rings. The largest absolute Gasteiger partial charge is 0.494 e. The van der Waals surface area contributed by atoms with E-state index in [4.69, 9.17) is 14.8 Å². The van der Waals surface area contributed by atoms with Gasteiger partial charge in [0.15, 0.2) is 0 Å². The maximum atomic E-state index is 11.1. The Hall–Kier alpha value is -2.66. The Kier molecular flexibility index (Phi) is 8.03. The third kappa shape index (κ3) is 5.92. The molecule has 0 saturated heterocycles. The van der Waals surface area contributed by atoms with Crippen LogP contribution >= 0.6 is 11.3 Å². The van der Waals surface area contributed by atoms with Gasteiger partial charge in [0.05, 0.1) is 18.2 Å². The van der Waals surface area contributed by atoms with Crippen molar-refractivity contribution in [3.05, 3.63) is 59.5 Å². The number of hydrogen-bond acceptors (Lipinski definition) is 4. The van der Waals surface area contributed by atoms with Crippen LogP contribution in [0.3, 0.4) is 0 Å². The molecule has 2 aromatic carbocycles. The van der Waals surface area contributed by atoms with Crippen LogP contribution < -0.4 is 4.74 Å². The highest BCUT2D eigenvalue weighted by Crippen LogP contribution is 2.30. The first-order valence-corrected chi connectivity index (χ1v) is 11.5. The second kappa shape index (κ2) is 10.9. The van der Waals surface area contributed by atoms with Gasteiger partial charge in [-0.15, -0.1) is 11.3 Å². The van der Waals surface area contributed by atoms with Crippen molar-refractivity contribution < 1.29 is 14.6 Å². The van der Waals surface area contributed by atoms with E-state index in [1.165, 1.54) is 25.7 Å². The minimum absolute atomic E-state index is 0.511. The molecule has 1 atom stereocenters. The SMILES string of the molecule is CCCCCCCOc1ccc(-c2csc(-c3ccc(C(C)C(=O)O)cc3)n2)cc1. The number of thiazole rings is 1. The quantitative estimate of drug-likeness (QED) is 0.337. The first kappa shape index (κ1) is 22.0. The molecular formula is C25H29NO3S. The fraction of sp³-hybridized carbons (Fsp3) is 0.360. The number of carboxylic acids is 1. The predicted molar refractivity (Wildman–Crippen MR) is 123 cm³/mol. The van der Waals surface area contributed by atoms with Gasteiger partial charge < -0.3 is 9.84 Å². The van der Waals surface area contributed by atoms with Crippen molar-refractivity contribution in [1.29, 1.82) is 0 Å². The van der Waals surface area contributed by atoms with Crippen LogP contribution in [0.1, 0.15) is 57.4 Å². The van der Waals surface area contributed by atoms with Crippen LogP contribution in [0.2, 0.25) is 0 Å². The number of carboxylic acid groups (broad SMARTS) is 1. The molecular weight excluding hydrogens is 394 g/mol. The summed E-state index contributed by atoms with van der Waals surface area (Å²) in [6, 6.07) is 15.7. The van der Waals surface area contributed by atoms with Crippen molar-refractivity contribution >= 4 is 17.3 Å². The second-order valence-electron chi connectivity index (χ2n) is 7.51. The van der Waals surface area contributed by atoms with Crippen molar-refractivity contribution in [2.24, 2.45) is 0 Å². The van der Waals surface area contributed by atoms with Crippen molar-refractivity contribution in [3.63, 3.8) is 0 Å². The van der Waals surface area contributed by atoms with E-state index in [0.717, 1.165) is 46.2 Å². The Labute approximate surface area is 182 Å². The minimum Gasteiger partial charge on any atom is -0.494 e. The molecule has 1 N–H and O–H groups in total. The zero-order valence-electron chi connectivity index (χ0n) is 17.6. The lowest BCUT2D eigenvalue weighted by Crippen LogP contribution is -2.06. The summed E-state index contributed by atoms with van der Waals surface area (Å²) in [5, 5.41) is 12.1. The van der Waals surface area contributed by atoms with Gasteiger partial charge >= 0.3 is 5.97 Å². The lowest BCUT2D eigenvalue weighted by Gasteiger charge is -2.07. The van der Waals surface area contributed by atoms with Gasteiger partial charge in [0.2, 0.25) is 0 Å². The highest BCUT2D eigenvalue weighted by atomic mass is 32.1. The van der Waals surface area contributed by atoms with Crippen LogP contribution in [0.15, 0.2) is 53.9 Å². The number of hydrogen-bond donors (Lipinski definition) is 1. The van der Waals surface area contributed by atoms with Crippen molar-refractivity contribution in [1.82, 2.24) is 4.98 Å². The van der Waals surface area contributed by atoms with Gasteiger partial charge in [-0.1, -0.05) is 56.9 Å². The normalized spacial score (nSPS) is 11.9. The minimum atomic E-state index is -0.816. The highest BCUT2D eigenvalue weighted by Gasteiger charge is 2.14. The van der Waals surface area contributed by atoms with Gasteiger partial charge in [-0.3, -0.25) is 4.79 Å². The molecule has 0 aliphatic heterocycles. The van der Waals surface area contributed by atoms with E-state index >= 15 is 0 Å². The van der Waals surface area contributed by atoms with E-state index in [0.29, 0.717) is 0 Å². The predicted octanol–water partition coefficient (Wildman–Crippen LogP) is 7.01. The van der Waals surface area contributed by atoms with Gasteiger partial charge in [0, 0.05) is 16.5 Å². The van der Waals surface area contributed by atoms with E-state index in [2.05, 4.69) is 6.92 Å². The zero-order chi connectivity index (χ0) is 21.3. The number of aliphatic carboxylic acids is 1. The monoisotopic (exact) mass is 423 g/mol. The third-order valence-corrected chi connectivity index (χ3v) is 6.09. The van der Waals surface area contributed by atoms with Gasteiger partial charge in [-0.25, -0.2) is 4.98 Å². The summed E-state index contributed by atoms with van der Waals surface area (Å²) in [4.78, 5) is 15.9. The molecule has 3 aromatic rings. The Balaban J connectivity index is 1.58. The van der Waals surface area contributed by atoms with Crippen LogP contribution in [-0.4, -0.2) is 22.7 Å². The van der Waals surface area contributed by atoms with Crippen LogP contribution in [0.4, 0.5) is 0 Å². The average molecular weight is 424 g/mol. The standard InChI is InChI=1S/C25H29NO3S/c1-3-4-5-6-7-16-29-22-14-12-20(13-15-22)23-17-30-24(26-23)21-10-8-19(9-11-21)18(2)25(27)28/h8-15,17-18H,3-7,16H2,1-2H3,(H,27,28). The topological polar surface area (TPSA) is 59.4 Å². The maximum absolute atomic E-state index is 11.1. The van der Waals surface area contributed by atoms with Gasteiger partial charge in [-0.05, 0) is 43.2 Å². The van der Waals surface area contributed by atoms with Crippen LogP contribution in [0.5, 0.6) is 5.75 Å². The molecule has 0 spiro atoms. The molecule has 30 heavy (non-hydrogen) atoms. The van der Waals surface area contributed by atoms with E-state index in [1.54, 1.807) is 18.3 Å². The van der Waals surface area contributed by atoms with E-state index < -0.39 is 11.9 Å². The number of ether oxygens (including phenoxy) is 1. The molecule has 1 unspecified atom stereocenters. The number of nitrogens with zero attached hydrogens (tertiary/aromatic N) is 1. The van der Waals surface area contributed by atoms with E-state index in [-0.39, 0.29) is 0 Å². The summed E-state index contributed by atoms with van der Waals surface area (Å²) >= 11 is 1.59. The fourth-order valence-electron chi connectivity index (χ4n) is 3.21. The summed E-state index contributed by atoms with van der Waals surface area (Å²) < 4.78 is 5.84. The maximum Gasteiger partial charge on any atom is 0.310 e. The lowest BCUT2D eigenvalue weighted by molar-refractivity contribution is -0.138. The molecule has 5 heteroatoms. The number of benzene rings is 2. The fourth-order valence-corrected chi connectivity index (χ4v) is 4.05. The smallest absolute Gasteiger partial charge is 0.310 e. The van der Waals surface area contributed by atoms with E-state index in [9.17, 15) is 4.79 Å². The van der Waals surface area contributed by atoms with Crippen molar-refractivity contribution in [3.8, 4) is 27.6 Å². The molecule has 3 rings (SSSR count). The lowest BCUT2D eigenvalue weighted by atomic mass is 10.0. The third-order valence-electron chi connectivity index (χ3n) is 5.20. The van der Waals surface area contributed by atoms with Gasteiger partial charge in [-0.2, -0.15) is 0 Å². The zero-order valence-corrected chi connectivity index (χ0v) is 18.5. The Bertz CT molecular complexity index is 932. The Morgan fingerprint density at radius 3 is 2.33 bits per heavy atom. The molecule has 1 aromatic heterocycles. The summed E-state index contributed by atoms with van der Waals surface area (Å²) in [5.41, 5.74) is 3.78. The van der Waals surface area contributed by atoms with Crippen molar-refractivity contribution in [2.45, 2.75) is 51.9 Å². The molecule has 0 radical (unpaired) electrons. The van der Waals surface area contributed by atoms with Gasteiger partial charge in [0.25, 0.3) is 0 Å². The number of rotatable bonds is 11. The summed E-state index contributed by atoms with van der Waals surface area (Å²) in [7, 11) is 0. The average Bonchev–Trinajstić information content (AvgIpc) is 3.26. The molecule has 0 amide bonds.